The maximum Gasteiger partial charge on any atom is 0.328 e. The normalized spacial score (nSPS) is 13.8. The van der Waals surface area contributed by atoms with Crippen LogP contribution in [0.5, 0.6) is 0 Å². The lowest BCUT2D eigenvalue weighted by Crippen LogP contribution is -2.39. The number of aliphatic carboxylic acids is 1. The molecule has 0 amide bonds. The first kappa shape index (κ1) is 34.7. The summed E-state index contributed by atoms with van der Waals surface area (Å²) in [6, 6.07) is 47.9. The Morgan fingerprint density at radius 2 is 1.31 bits per heavy atom. The van der Waals surface area contributed by atoms with E-state index in [4.69, 9.17) is 20.4 Å². The van der Waals surface area contributed by atoms with E-state index in [0.717, 1.165) is 100 Å². The van der Waals surface area contributed by atoms with Crippen molar-refractivity contribution in [3.8, 4) is 22.5 Å². The average molecular weight is 711 g/mol. The number of carbonyl (C=O) groups is 1. The van der Waals surface area contributed by atoms with E-state index < -0.39 is 11.5 Å². The van der Waals surface area contributed by atoms with Crippen molar-refractivity contribution in [2.45, 2.75) is 57.5 Å². The highest BCUT2D eigenvalue weighted by atomic mass is 16.4. The molecule has 0 atom stereocenters. The molecule has 1 N–H and O–H groups in total. The number of aryl methyl sites for hydroxylation is 2. The van der Waals surface area contributed by atoms with Crippen molar-refractivity contribution in [1.29, 1.82) is 0 Å². The summed E-state index contributed by atoms with van der Waals surface area (Å²) in [6.07, 6.45) is 6.77. The Labute approximate surface area is 315 Å². The van der Waals surface area contributed by atoms with Crippen LogP contribution in [-0.2, 0) is 29.7 Å². The molecule has 54 heavy (non-hydrogen) atoms. The summed E-state index contributed by atoms with van der Waals surface area (Å²) in [7, 11) is 0. The van der Waals surface area contributed by atoms with Gasteiger partial charge >= 0.3 is 5.97 Å². The lowest BCUT2D eigenvalue weighted by Gasteiger charge is -2.34. The van der Waals surface area contributed by atoms with E-state index in [2.05, 4.69) is 78.2 Å². The Morgan fingerprint density at radius 3 is 1.91 bits per heavy atom. The van der Waals surface area contributed by atoms with E-state index in [9.17, 15) is 9.90 Å². The van der Waals surface area contributed by atoms with E-state index in [1.807, 2.05) is 72.8 Å². The molecule has 0 spiro atoms. The molecule has 7 aromatic rings. The van der Waals surface area contributed by atoms with Crippen LogP contribution in [0.2, 0.25) is 0 Å². The maximum atomic E-state index is 11.8. The minimum Gasteiger partial charge on any atom is -0.478 e. The summed E-state index contributed by atoms with van der Waals surface area (Å²) in [5, 5.41) is 24.4. The fourth-order valence-corrected chi connectivity index (χ4v) is 7.94. The summed E-state index contributed by atoms with van der Waals surface area (Å²) >= 11 is 0. The zero-order valence-corrected chi connectivity index (χ0v) is 30.3. The fourth-order valence-electron chi connectivity index (χ4n) is 7.94. The standard InChI is InChI=1S/C46H42N6O2/c1-2-16-42-47-41-26-15-12-17-35(31-43(53)54)44(41)51(42)32-33-27-29-34(30-28-33)39-24-13-14-25-40(39)45-48-50-52(49-45)46(36-18-6-3-7-19-36,37-20-8-4-9-21-37)38-22-10-5-11-23-38/h3-11,13-14,18-25,27-31H,2,12,15-17,26,32H2,1H3,(H,53,54). The van der Waals surface area contributed by atoms with Crippen LogP contribution < -0.4 is 0 Å². The maximum absolute atomic E-state index is 11.8. The van der Waals surface area contributed by atoms with Gasteiger partial charge in [-0.15, -0.1) is 15.0 Å². The lowest BCUT2D eigenvalue weighted by atomic mass is 9.77. The van der Waals surface area contributed by atoms with Crippen molar-refractivity contribution in [1.82, 2.24) is 29.8 Å². The molecule has 268 valence electrons. The predicted octanol–water partition coefficient (Wildman–Crippen LogP) is 9.24. The largest absolute Gasteiger partial charge is 0.478 e. The number of imidazole rings is 1. The molecule has 0 bridgehead atoms. The van der Waals surface area contributed by atoms with E-state index in [1.165, 1.54) is 6.08 Å². The molecular formula is C46H42N6O2. The predicted molar refractivity (Wildman–Crippen MR) is 212 cm³/mol. The van der Waals surface area contributed by atoms with Crippen molar-refractivity contribution in [3.63, 3.8) is 0 Å². The van der Waals surface area contributed by atoms with Crippen LogP contribution in [0.15, 0.2) is 146 Å². The molecule has 0 radical (unpaired) electrons. The summed E-state index contributed by atoms with van der Waals surface area (Å²) in [6.45, 7) is 2.77. The van der Waals surface area contributed by atoms with Gasteiger partial charge in [-0.3, -0.25) is 0 Å². The number of tetrazole rings is 1. The number of benzene rings is 5. The number of carboxylic acid groups (broad SMARTS) is 1. The SMILES string of the molecule is CCCc1nc2c(n1Cc1ccc(-c3ccccc3-c3nnn(C(c4ccccc4)(c4ccccc4)c4ccccc4)n3)cc1)C(=CC(=O)O)CCCC2. The van der Waals surface area contributed by atoms with Gasteiger partial charge in [-0.1, -0.05) is 146 Å². The van der Waals surface area contributed by atoms with Crippen molar-refractivity contribution >= 4 is 11.5 Å². The highest BCUT2D eigenvalue weighted by Gasteiger charge is 2.41. The lowest BCUT2D eigenvalue weighted by molar-refractivity contribution is -0.131. The van der Waals surface area contributed by atoms with Gasteiger partial charge < -0.3 is 9.67 Å². The Kier molecular flexibility index (Phi) is 9.81. The minimum atomic E-state index is -0.911. The van der Waals surface area contributed by atoms with Crippen molar-refractivity contribution in [3.05, 3.63) is 185 Å². The van der Waals surface area contributed by atoms with Crippen LogP contribution in [0.4, 0.5) is 0 Å². The Morgan fingerprint density at radius 1 is 0.741 bits per heavy atom. The molecule has 2 heterocycles. The average Bonchev–Trinajstić information content (AvgIpc) is 3.78. The first-order chi connectivity index (χ1) is 26.6. The van der Waals surface area contributed by atoms with Crippen molar-refractivity contribution in [2.75, 3.05) is 0 Å². The number of rotatable bonds is 11. The van der Waals surface area contributed by atoms with Gasteiger partial charge in [0.25, 0.3) is 0 Å². The minimum absolute atomic E-state index is 0.532. The molecular weight excluding hydrogens is 669 g/mol. The number of carboxylic acids is 1. The molecule has 1 aliphatic rings. The summed E-state index contributed by atoms with van der Waals surface area (Å²) in [5.41, 5.74) is 9.12. The molecule has 0 saturated heterocycles. The zero-order valence-electron chi connectivity index (χ0n) is 30.3. The van der Waals surface area contributed by atoms with Gasteiger partial charge in [0.2, 0.25) is 5.82 Å². The first-order valence-corrected chi connectivity index (χ1v) is 18.7. The van der Waals surface area contributed by atoms with Gasteiger partial charge in [-0.25, -0.2) is 9.78 Å². The quantitative estimate of drug-likeness (QED) is 0.0817. The number of nitrogens with zero attached hydrogens (tertiary/aromatic N) is 6. The molecule has 8 heteroatoms. The molecule has 0 fully saturated rings. The second-order valence-electron chi connectivity index (χ2n) is 13.8. The van der Waals surface area contributed by atoms with Gasteiger partial charge in [0.1, 0.15) is 5.82 Å². The third-order valence-corrected chi connectivity index (χ3v) is 10.4. The number of fused-ring (bicyclic) bond motifs is 1. The second kappa shape index (κ2) is 15.3. The molecule has 0 unspecified atom stereocenters. The molecule has 8 nitrogen and oxygen atoms in total. The van der Waals surface area contributed by atoms with Crippen LogP contribution in [0.3, 0.4) is 0 Å². The van der Waals surface area contributed by atoms with Gasteiger partial charge in [-0.2, -0.15) is 0 Å². The number of allylic oxidation sites excluding steroid dienone is 1. The highest BCUT2D eigenvalue weighted by molar-refractivity contribution is 5.90. The van der Waals surface area contributed by atoms with E-state index in [1.54, 1.807) is 4.80 Å². The summed E-state index contributed by atoms with van der Waals surface area (Å²) in [4.78, 5) is 18.6. The van der Waals surface area contributed by atoms with Crippen LogP contribution in [0.1, 0.15) is 72.1 Å². The van der Waals surface area contributed by atoms with Crippen LogP contribution in [0, 0.1) is 0 Å². The van der Waals surface area contributed by atoms with E-state index in [0.29, 0.717) is 12.4 Å². The highest BCUT2D eigenvalue weighted by Crippen LogP contribution is 2.40. The summed E-state index contributed by atoms with van der Waals surface area (Å²) < 4.78 is 2.25. The number of aromatic nitrogens is 6. The third-order valence-electron chi connectivity index (χ3n) is 10.4. The first-order valence-electron chi connectivity index (χ1n) is 18.7. The monoisotopic (exact) mass is 710 g/mol. The summed E-state index contributed by atoms with van der Waals surface area (Å²) in [5.74, 6) is 0.637. The number of hydrogen-bond donors (Lipinski definition) is 1. The molecule has 5 aromatic carbocycles. The number of hydrogen-bond acceptors (Lipinski definition) is 5. The fraction of sp³-hybridized carbons (Fsp3) is 0.196. The zero-order chi connectivity index (χ0) is 36.9. The van der Waals surface area contributed by atoms with Gasteiger partial charge in [0.05, 0.1) is 11.4 Å². The molecule has 0 aliphatic heterocycles. The van der Waals surface area contributed by atoms with Crippen molar-refractivity contribution in [2.24, 2.45) is 0 Å². The van der Waals surface area contributed by atoms with E-state index in [-0.39, 0.29) is 0 Å². The second-order valence-corrected chi connectivity index (χ2v) is 13.8. The van der Waals surface area contributed by atoms with E-state index >= 15 is 0 Å². The molecule has 0 saturated carbocycles. The molecule has 1 aliphatic carbocycles. The van der Waals surface area contributed by atoms with Crippen molar-refractivity contribution < 1.29 is 9.90 Å². The topological polar surface area (TPSA) is 98.7 Å². The van der Waals surface area contributed by atoms with Gasteiger partial charge in [0.15, 0.2) is 5.54 Å². The van der Waals surface area contributed by atoms with Crippen LogP contribution >= 0.6 is 0 Å². The Balaban J connectivity index is 1.17. The molecule has 8 rings (SSSR count). The smallest absolute Gasteiger partial charge is 0.328 e. The third kappa shape index (κ3) is 6.56. The van der Waals surface area contributed by atoms with Crippen LogP contribution in [-0.4, -0.2) is 40.8 Å². The van der Waals surface area contributed by atoms with Gasteiger partial charge in [0, 0.05) is 24.6 Å². The molecule has 2 aromatic heterocycles. The van der Waals surface area contributed by atoms with Crippen LogP contribution in [0.25, 0.3) is 28.1 Å². The van der Waals surface area contributed by atoms with Gasteiger partial charge in [-0.05, 0) is 76.3 Å². The Bertz CT molecular complexity index is 2300. The Hall–Kier alpha value is -6.41.